The van der Waals surface area contributed by atoms with E-state index in [1.54, 1.807) is 23.1 Å². The lowest BCUT2D eigenvalue weighted by Crippen LogP contribution is -2.37. The van der Waals surface area contributed by atoms with Crippen molar-refractivity contribution < 1.29 is 8.81 Å². The van der Waals surface area contributed by atoms with E-state index in [-0.39, 0.29) is 11.4 Å². The van der Waals surface area contributed by atoms with Gasteiger partial charge in [0, 0.05) is 12.1 Å². The van der Waals surface area contributed by atoms with E-state index < -0.39 is 11.6 Å². The Balaban J connectivity index is 1.73. The Hall–Kier alpha value is -4.11. The van der Waals surface area contributed by atoms with E-state index in [0.717, 1.165) is 33.4 Å². The molecule has 0 aliphatic carbocycles. The first kappa shape index (κ1) is 25.5. The Kier molecular flexibility index (Phi) is 6.71. The van der Waals surface area contributed by atoms with Crippen LogP contribution < -0.4 is 5.56 Å². The molecule has 0 aliphatic heterocycles. The number of H-pyrrole nitrogens is 1. The Morgan fingerprint density at radius 3 is 2.53 bits per heavy atom. The summed E-state index contributed by atoms with van der Waals surface area (Å²) in [6.45, 7) is 10.8. The average molecular weight is 515 g/mol. The van der Waals surface area contributed by atoms with Crippen molar-refractivity contribution in [3.8, 4) is 0 Å². The van der Waals surface area contributed by atoms with Gasteiger partial charge >= 0.3 is 0 Å². The SMILES string of the molecule is Cc1ccc2cc([C@H](c3nnnn3C(C)(C)C)N(Cc3ccc(F)cc3)Cc3ccco3)c(=O)[nH]c2c1C. The maximum absolute atomic E-state index is 13.8. The lowest BCUT2D eigenvalue weighted by Gasteiger charge is -2.32. The number of aromatic amines is 1. The normalized spacial score (nSPS) is 12.9. The molecule has 0 fully saturated rings. The zero-order chi connectivity index (χ0) is 27.0. The number of rotatable bonds is 7. The van der Waals surface area contributed by atoms with Gasteiger partial charge in [-0.25, -0.2) is 9.07 Å². The third-order valence-electron chi connectivity index (χ3n) is 6.85. The Bertz CT molecular complexity index is 1610. The molecule has 0 bridgehead atoms. The molecule has 5 rings (SSSR count). The van der Waals surface area contributed by atoms with E-state index in [2.05, 4.69) is 25.4 Å². The van der Waals surface area contributed by atoms with E-state index in [0.29, 0.717) is 24.5 Å². The minimum atomic E-state index is -0.630. The number of halogens is 1. The van der Waals surface area contributed by atoms with Gasteiger partial charge in [0.05, 0.1) is 23.9 Å². The molecule has 5 aromatic rings. The van der Waals surface area contributed by atoms with Crippen LogP contribution in [0.1, 0.15) is 60.7 Å². The zero-order valence-electron chi connectivity index (χ0n) is 22.2. The van der Waals surface area contributed by atoms with Crippen molar-refractivity contribution in [2.24, 2.45) is 0 Å². The number of nitrogens with one attached hydrogen (secondary N) is 1. The first-order chi connectivity index (χ1) is 18.1. The van der Waals surface area contributed by atoms with Crippen LogP contribution in [0.25, 0.3) is 10.9 Å². The minimum Gasteiger partial charge on any atom is -0.468 e. The molecular weight excluding hydrogens is 483 g/mol. The fourth-order valence-corrected chi connectivity index (χ4v) is 4.75. The number of hydrogen-bond acceptors (Lipinski definition) is 6. The van der Waals surface area contributed by atoms with Crippen LogP contribution in [0.3, 0.4) is 0 Å². The molecular formula is C29H31FN6O2. The van der Waals surface area contributed by atoms with Gasteiger partial charge in [0.2, 0.25) is 0 Å². The molecule has 0 saturated carbocycles. The van der Waals surface area contributed by atoms with Crippen LogP contribution in [0, 0.1) is 19.7 Å². The number of hydrogen-bond donors (Lipinski definition) is 1. The summed E-state index contributed by atoms with van der Waals surface area (Å²) in [5.41, 5.74) is 3.66. The molecule has 0 spiro atoms. The van der Waals surface area contributed by atoms with Crippen LogP contribution in [0.5, 0.6) is 0 Å². The molecule has 38 heavy (non-hydrogen) atoms. The lowest BCUT2D eigenvalue weighted by molar-refractivity contribution is 0.171. The Morgan fingerprint density at radius 1 is 1.08 bits per heavy atom. The third-order valence-corrected chi connectivity index (χ3v) is 6.85. The standard InChI is InChI=1S/C29H31FN6O2/c1-18-8-11-21-15-24(28(37)31-25(21)19(18)2)26(27-32-33-34-36(27)29(3,4)5)35(17-23-7-6-14-38-23)16-20-9-12-22(30)13-10-20/h6-15,26H,16-17H2,1-5H3,(H,31,37)/t26-/m1/s1. The highest BCUT2D eigenvalue weighted by Crippen LogP contribution is 2.32. The van der Waals surface area contributed by atoms with Crippen molar-refractivity contribution in [1.82, 2.24) is 30.1 Å². The van der Waals surface area contributed by atoms with E-state index in [4.69, 9.17) is 4.42 Å². The summed E-state index contributed by atoms with van der Waals surface area (Å²) in [6.07, 6.45) is 1.62. The topological polar surface area (TPSA) is 92.8 Å². The molecule has 0 unspecified atom stereocenters. The van der Waals surface area contributed by atoms with Crippen molar-refractivity contribution in [2.75, 3.05) is 0 Å². The van der Waals surface area contributed by atoms with Gasteiger partial charge in [0.25, 0.3) is 5.56 Å². The van der Waals surface area contributed by atoms with Crippen molar-refractivity contribution in [3.63, 3.8) is 0 Å². The smallest absolute Gasteiger partial charge is 0.253 e. The maximum atomic E-state index is 13.8. The van der Waals surface area contributed by atoms with Crippen LogP contribution in [-0.2, 0) is 18.6 Å². The van der Waals surface area contributed by atoms with Gasteiger partial charge in [0.15, 0.2) is 5.82 Å². The first-order valence-electron chi connectivity index (χ1n) is 12.5. The molecule has 0 aliphatic rings. The van der Waals surface area contributed by atoms with Gasteiger partial charge in [-0.15, -0.1) is 5.10 Å². The van der Waals surface area contributed by atoms with E-state index in [1.807, 2.05) is 65.0 Å². The van der Waals surface area contributed by atoms with E-state index in [1.165, 1.54) is 12.1 Å². The van der Waals surface area contributed by atoms with Gasteiger partial charge in [-0.2, -0.15) is 0 Å². The zero-order valence-corrected chi connectivity index (χ0v) is 22.2. The van der Waals surface area contributed by atoms with Crippen molar-refractivity contribution in [2.45, 2.75) is 59.3 Å². The van der Waals surface area contributed by atoms with Crippen LogP contribution in [-0.4, -0.2) is 30.1 Å². The number of pyridine rings is 1. The Labute approximate surface area is 220 Å². The summed E-state index contributed by atoms with van der Waals surface area (Å²) >= 11 is 0. The number of furan rings is 1. The molecule has 0 amide bonds. The predicted octanol–water partition coefficient (Wildman–Crippen LogP) is 5.41. The second kappa shape index (κ2) is 9.98. The molecule has 2 aromatic carbocycles. The summed E-state index contributed by atoms with van der Waals surface area (Å²) in [7, 11) is 0. The lowest BCUT2D eigenvalue weighted by atomic mass is 9.99. The second-order valence-corrected chi connectivity index (χ2v) is 10.7. The molecule has 3 heterocycles. The number of nitrogens with zero attached hydrogens (tertiary/aromatic N) is 5. The molecule has 196 valence electrons. The number of aromatic nitrogens is 5. The number of benzene rings is 2. The summed E-state index contributed by atoms with van der Waals surface area (Å²) in [5, 5.41) is 13.6. The van der Waals surface area contributed by atoms with Gasteiger partial charge in [-0.3, -0.25) is 9.69 Å². The highest BCUT2D eigenvalue weighted by molar-refractivity contribution is 5.83. The molecule has 1 atom stereocenters. The maximum Gasteiger partial charge on any atom is 0.253 e. The van der Waals surface area contributed by atoms with Crippen LogP contribution >= 0.6 is 0 Å². The van der Waals surface area contributed by atoms with Gasteiger partial charge in [-0.05, 0) is 97.5 Å². The number of tetrazole rings is 1. The molecule has 1 N–H and O–H groups in total. The van der Waals surface area contributed by atoms with Crippen molar-refractivity contribution in [3.05, 3.63) is 111 Å². The van der Waals surface area contributed by atoms with Crippen molar-refractivity contribution >= 4 is 10.9 Å². The first-order valence-corrected chi connectivity index (χ1v) is 12.5. The van der Waals surface area contributed by atoms with Gasteiger partial charge in [-0.1, -0.05) is 24.3 Å². The summed E-state index contributed by atoms with van der Waals surface area (Å²) in [6, 6.07) is 15.4. The fraction of sp³-hybridized carbons (Fsp3) is 0.310. The highest BCUT2D eigenvalue weighted by atomic mass is 19.1. The van der Waals surface area contributed by atoms with Crippen LogP contribution in [0.2, 0.25) is 0 Å². The summed E-state index contributed by atoms with van der Waals surface area (Å²) in [4.78, 5) is 19.0. The number of aryl methyl sites for hydroxylation is 2. The predicted molar refractivity (Wildman–Crippen MR) is 143 cm³/mol. The molecule has 8 nitrogen and oxygen atoms in total. The Morgan fingerprint density at radius 2 is 1.84 bits per heavy atom. The summed E-state index contributed by atoms with van der Waals surface area (Å²) < 4.78 is 21.2. The van der Waals surface area contributed by atoms with Crippen LogP contribution in [0.15, 0.2) is 70.1 Å². The second-order valence-electron chi connectivity index (χ2n) is 10.7. The highest BCUT2D eigenvalue weighted by Gasteiger charge is 2.34. The van der Waals surface area contributed by atoms with Gasteiger partial charge < -0.3 is 9.40 Å². The monoisotopic (exact) mass is 514 g/mol. The largest absolute Gasteiger partial charge is 0.468 e. The van der Waals surface area contributed by atoms with E-state index >= 15 is 0 Å². The van der Waals surface area contributed by atoms with Crippen LogP contribution in [0.4, 0.5) is 4.39 Å². The number of fused-ring (bicyclic) bond motifs is 1. The van der Waals surface area contributed by atoms with E-state index in [9.17, 15) is 9.18 Å². The minimum absolute atomic E-state index is 0.219. The fourth-order valence-electron chi connectivity index (χ4n) is 4.75. The third kappa shape index (κ3) is 5.02. The van der Waals surface area contributed by atoms with Crippen molar-refractivity contribution in [1.29, 1.82) is 0 Å². The quantitative estimate of drug-likeness (QED) is 0.312. The summed E-state index contributed by atoms with van der Waals surface area (Å²) in [5.74, 6) is 0.937. The molecule has 9 heteroatoms. The average Bonchev–Trinajstić information content (AvgIpc) is 3.56. The molecule has 0 radical (unpaired) electrons. The molecule has 3 aromatic heterocycles. The van der Waals surface area contributed by atoms with Gasteiger partial charge in [0.1, 0.15) is 17.6 Å². The molecule has 0 saturated heterocycles.